The molecule has 2 aliphatic rings. The molecular formula is C11H18O3. The predicted molar refractivity (Wildman–Crippen MR) is 52.1 cm³/mol. The average Bonchev–Trinajstić information content (AvgIpc) is 2.25. The Labute approximate surface area is 84.4 Å². The molecule has 3 nitrogen and oxygen atoms in total. The molecule has 0 radical (unpaired) electrons. The van der Waals surface area contributed by atoms with Gasteiger partial charge in [-0.2, -0.15) is 0 Å². The minimum Gasteiger partial charge on any atom is -0.479 e. The number of aliphatic carboxylic acids is 1. The Kier molecular flexibility index (Phi) is 2.11. The molecule has 1 heterocycles. The monoisotopic (exact) mass is 198 g/mol. The minimum absolute atomic E-state index is 0.175. The van der Waals surface area contributed by atoms with Crippen molar-refractivity contribution in [3.8, 4) is 0 Å². The zero-order valence-corrected chi connectivity index (χ0v) is 8.88. The van der Waals surface area contributed by atoms with Gasteiger partial charge < -0.3 is 9.84 Å². The Morgan fingerprint density at radius 2 is 2.00 bits per heavy atom. The molecule has 1 aliphatic heterocycles. The molecule has 0 aromatic rings. The maximum Gasteiger partial charge on any atom is 0.335 e. The lowest BCUT2D eigenvalue weighted by atomic mass is 9.72. The maximum absolute atomic E-state index is 11.0. The normalized spacial score (nSPS) is 43.6. The van der Waals surface area contributed by atoms with Crippen LogP contribution in [0.3, 0.4) is 0 Å². The first-order valence-electron chi connectivity index (χ1n) is 5.40. The van der Waals surface area contributed by atoms with E-state index in [1.54, 1.807) is 6.92 Å². The van der Waals surface area contributed by atoms with Gasteiger partial charge in [0.05, 0.1) is 5.60 Å². The molecule has 1 N–H and O–H groups in total. The van der Waals surface area contributed by atoms with Crippen molar-refractivity contribution in [3.05, 3.63) is 0 Å². The Bertz CT molecular complexity index is 259. The van der Waals surface area contributed by atoms with Gasteiger partial charge >= 0.3 is 5.97 Å². The number of hydrogen-bond donors (Lipinski definition) is 1. The molecule has 1 saturated heterocycles. The number of ether oxygens (including phenoxy) is 1. The van der Waals surface area contributed by atoms with Crippen molar-refractivity contribution in [1.29, 1.82) is 0 Å². The number of carboxylic acids is 1. The zero-order valence-electron chi connectivity index (χ0n) is 8.88. The highest BCUT2D eigenvalue weighted by Crippen LogP contribution is 2.48. The van der Waals surface area contributed by atoms with E-state index in [-0.39, 0.29) is 5.60 Å². The van der Waals surface area contributed by atoms with Crippen LogP contribution >= 0.6 is 0 Å². The second-order valence-corrected chi connectivity index (χ2v) is 5.08. The van der Waals surface area contributed by atoms with Crippen molar-refractivity contribution in [2.45, 2.75) is 57.2 Å². The van der Waals surface area contributed by atoms with Gasteiger partial charge in [0, 0.05) is 0 Å². The van der Waals surface area contributed by atoms with E-state index in [0.29, 0.717) is 12.3 Å². The Hall–Kier alpha value is -0.570. The molecule has 0 amide bonds. The first kappa shape index (κ1) is 9.97. The van der Waals surface area contributed by atoms with Crippen LogP contribution in [0, 0.1) is 5.92 Å². The van der Waals surface area contributed by atoms with E-state index >= 15 is 0 Å². The summed E-state index contributed by atoms with van der Waals surface area (Å²) in [5.74, 6) is -0.232. The molecule has 1 saturated carbocycles. The fraction of sp³-hybridized carbons (Fsp3) is 0.909. The molecule has 2 rings (SSSR count). The molecule has 14 heavy (non-hydrogen) atoms. The van der Waals surface area contributed by atoms with Gasteiger partial charge in [-0.3, -0.25) is 0 Å². The molecule has 80 valence electrons. The zero-order chi connectivity index (χ0) is 10.4. The molecule has 0 aromatic heterocycles. The maximum atomic E-state index is 11.0. The minimum atomic E-state index is -0.940. The van der Waals surface area contributed by atoms with Gasteiger partial charge in [0.15, 0.2) is 5.60 Å². The van der Waals surface area contributed by atoms with Crippen LogP contribution in [0.5, 0.6) is 0 Å². The van der Waals surface area contributed by atoms with Crippen LogP contribution < -0.4 is 0 Å². The summed E-state index contributed by atoms with van der Waals surface area (Å²) in [5, 5.41) is 9.05. The van der Waals surface area contributed by atoms with Crippen LogP contribution in [-0.4, -0.2) is 22.3 Å². The van der Waals surface area contributed by atoms with E-state index in [4.69, 9.17) is 9.84 Å². The van der Waals surface area contributed by atoms with E-state index < -0.39 is 11.6 Å². The quantitative estimate of drug-likeness (QED) is 0.739. The van der Waals surface area contributed by atoms with Crippen molar-refractivity contribution >= 4 is 5.97 Å². The lowest BCUT2D eigenvalue weighted by Crippen LogP contribution is -2.43. The van der Waals surface area contributed by atoms with Crippen LogP contribution in [0.1, 0.15) is 46.0 Å². The third-order valence-electron chi connectivity index (χ3n) is 3.98. The Morgan fingerprint density at radius 3 is 2.36 bits per heavy atom. The van der Waals surface area contributed by atoms with E-state index in [1.165, 1.54) is 19.3 Å². The predicted octanol–water partition coefficient (Wildman–Crippen LogP) is 2.20. The topological polar surface area (TPSA) is 46.5 Å². The molecular weight excluding hydrogens is 180 g/mol. The van der Waals surface area contributed by atoms with Crippen molar-refractivity contribution in [2.75, 3.05) is 0 Å². The summed E-state index contributed by atoms with van der Waals surface area (Å²) >= 11 is 0. The molecule has 2 fully saturated rings. The second-order valence-electron chi connectivity index (χ2n) is 5.08. The van der Waals surface area contributed by atoms with Gasteiger partial charge in [0.25, 0.3) is 0 Å². The summed E-state index contributed by atoms with van der Waals surface area (Å²) < 4.78 is 5.80. The second kappa shape index (κ2) is 2.96. The van der Waals surface area contributed by atoms with E-state index in [9.17, 15) is 4.79 Å². The Balaban J connectivity index is 2.09. The molecule has 0 aromatic carbocycles. The molecule has 2 atom stereocenters. The molecule has 2 unspecified atom stereocenters. The van der Waals surface area contributed by atoms with Crippen LogP contribution in [0.2, 0.25) is 0 Å². The molecule has 0 spiro atoms. The van der Waals surface area contributed by atoms with Crippen molar-refractivity contribution in [3.63, 3.8) is 0 Å². The largest absolute Gasteiger partial charge is 0.479 e. The number of carboxylic acid groups (broad SMARTS) is 1. The van der Waals surface area contributed by atoms with Gasteiger partial charge in [-0.05, 0) is 45.4 Å². The van der Waals surface area contributed by atoms with Crippen LogP contribution in [0.25, 0.3) is 0 Å². The van der Waals surface area contributed by atoms with E-state index in [0.717, 1.165) is 6.42 Å². The van der Waals surface area contributed by atoms with E-state index in [2.05, 4.69) is 6.92 Å². The highest BCUT2D eigenvalue weighted by Gasteiger charge is 2.52. The smallest absolute Gasteiger partial charge is 0.335 e. The molecule has 1 aliphatic carbocycles. The van der Waals surface area contributed by atoms with Crippen LogP contribution in [0.15, 0.2) is 0 Å². The first-order chi connectivity index (χ1) is 6.46. The third-order valence-corrected chi connectivity index (χ3v) is 3.98. The fourth-order valence-electron chi connectivity index (χ4n) is 2.56. The number of rotatable bonds is 2. The van der Waals surface area contributed by atoms with Gasteiger partial charge in [-0.15, -0.1) is 0 Å². The summed E-state index contributed by atoms with van der Waals surface area (Å²) in [6.45, 7) is 3.77. The number of hydrogen-bond acceptors (Lipinski definition) is 2. The number of carbonyl (C=O) groups is 1. The SMILES string of the molecule is CC1(C(=O)O)CCC(C)(C2CCC2)O1. The van der Waals surface area contributed by atoms with E-state index in [1.807, 2.05) is 0 Å². The summed E-state index contributed by atoms with van der Waals surface area (Å²) in [4.78, 5) is 11.0. The Morgan fingerprint density at radius 1 is 1.36 bits per heavy atom. The fourth-order valence-corrected chi connectivity index (χ4v) is 2.56. The van der Waals surface area contributed by atoms with Crippen LogP contribution in [0.4, 0.5) is 0 Å². The highest BCUT2D eigenvalue weighted by atomic mass is 16.6. The lowest BCUT2D eigenvalue weighted by Gasteiger charge is -2.40. The molecule has 3 heteroatoms. The van der Waals surface area contributed by atoms with Crippen molar-refractivity contribution in [1.82, 2.24) is 0 Å². The summed E-state index contributed by atoms with van der Waals surface area (Å²) in [6.07, 6.45) is 5.21. The van der Waals surface area contributed by atoms with Gasteiger partial charge in [-0.25, -0.2) is 4.79 Å². The van der Waals surface area contributed by atoms with Gasteiger partial charge in [-0.1, -0.05) is 6.42 Å². The highest BCUT2D eigenvalue weighted by molar-refractivity contribution is 5.77. The molecule has 0 bridgehead atoms. The van der Waals surface area contributed by atoms with Crippen LogP contribution in [-0.2, 0) is 9.53 Å². The first-order valence-corrected chi connectivity index (χ1v) is 5.40. The summed E-state index contributed by atoms with van der Waals surface area (Å²) in [7, 11) is 0. The average molecular weight is 198 g/mol. The summed E-state index contributed by atoms with van der Waals surface area (Å²) in [5.41, 5.74) is -1.12. The third kappa shape index (κ3) is 1.34. The van der Waals surface area contributed by atoms with Crippen molar-refractivity contribution < 1.29 is 14.6 Å². The lowest BCUT2D eigenvalue weighted by molar-refractivity contribution is -0.178. The summed E-state index contributed by atoms with van der Waals surface area (Å²) in [6, 6.07) is 0. The van der Waals surface area contributed by atoms with Crippen molar-refractivity contribution in [2.24, 2.45) is 5.92 Å². The standard InChI is InChI=1S/C11H18O3/c1-10(8-4-3-5-8)6-7-11(2,14-10)9(12)13/h8H,3-7H2,1-2H3,(H,12,13). The van der Waals surface area contributed by atoms with Gasteiger partial charge in [0.1, 0.15) is 0 Å². The van der Waals surface area contributed by atoms with Gasteiger partial charge in [0.2, 0.25) is 0 Å².